The van der Waals surface area contributed by atoms with Gasteiger partial charge in [-0.05, 0) is 60.5 Å². The lowest BCUT2D eigenvalue weighted by atomic mass is 10.2. The second-order valence-electron chi connectivity index (χ2n) is 6.58. The van der Waals surface area contributed by atoms with Crippen LogP contribution in [0.25, 0.3) is 5.65 Å². The summed E-state index contributed by atoms with van der Waals surface area (Å²) in [5.74, 6) is 0.539. The molecule has 0 aliphatic rings. The molecule has 0 spiro atoms. The molecule has 5 nitrogen and oxygen atoms in total. The van der Waals surface area contributed by atoms with Gasteiger partial charge in [0.1, 0.15) is 23.7 Å². The standard InChI is InChI=1S/C23H20ClN3O2/c1-2-20-22(27-14-4-3-5-21(27)26-20)23(28)25-18-10-12-19(13-11-18)29-15-16-6-8-17(24)9-7-16/h3-14H,2,15H2,1H3,(H,25,28). The summed E-state index contributed by atoms with van der Waals surface area (Å²) in [6, 6.07) is 20.5. The van der Waals surface area contributed by atoms with E-state index >= 15 is 0 Å². The fraction of sp³-hybridized carbons (Fsp3) is 0.130. The summed E-state index contributed by atoms with van der Waals surface area (Å²) in [5.41, 5.74) is 3.83. The van der Waals surface area contributed by atoms with E-state index in [4.69, 9.17) is 16.3 Å². The van der Waals surface area contributed by atoms with Gasteiger partial charge in [-0.1, -0.05) is 36.7 Å². The summed E-state index contributed by atoms with van der Waals surface area (Å²) in [6.07, 6.45) is 2.53. The van der Waals surface area contributed by atoms with Gasteiger partial charge in [-0.25, -0.2) is 4.98 Å². The number of ether oxygens (including phenoxy) is 1. The van der Waals surface area contributed by atoms with E-state index in [0.717, 1.165) is 22.7 Å². The van der Waals surface area contributed by atoms with Gasteiger partial charge in [0.25, 0.3) is 5.91 Å². The SMILES string of the molecule is CCc1nc2ccccn2c1C(=O)Nc1ccc(OCc2ccc(Cl)cc2)cc1. The van der Waals surface area contributed by atoms with Crippen molar-refractivity contribution in [2.75, 3.05) is 5.32 Å². The average Bonchev–Trinajstić information content (AvgIpc) is 3.13. The Kier molecular flexibility index (Phi) is 5.49. The number of aryl methyl sites for hydroxylation is 1. The van der Waals surface area contributed by atoms with Crippen molar-refractivity contribution in [2.45, 2.75) is 20.0 Å². The highest BCUT2D eigenvalue weighted by atomic mass is 35.5. The van der Waals surface area contributed by atoms with Crippen LogP contribution >= 0.6 is 11.6 Å². The first-order chi connectivity index (χ1) is 14.1. The molecule has 1 N–H and O–H groups in total. The molecule has 1 amide bonds. The van der Waals surface area contributed by atoms with Crippen LogP contribution in [-0.4, -0.2) is 15.3 Å². The normalized spacial score (nSPS) is 10.8. The first-order valence-corrected chi connectivity index (χ1v) is 9.76. The maximum atomic E-state index is 12.9. The van der Waals surface area contributed by atoms with E-state index in [1.807, 2.05) is 84.3 Å². The van der Waals surface area contributed by atoms with Crippen molar-refractivity contribution >= 4 is 28.8 Å². The van der Waals surface area contributed by atoms with E-state index in [-0.39, 0.29) is 5.91 Å². The van der Waals surface area contributed by atoms with Crippen LogP contribution < -0.4 is 10.1 Å². The molecule has 0 fully saturated rings. The number of benzene rings is 2. The summed E-state index contributed by atoms with van der Waals surface area (Å²) in [6.45, 7) is 2.44. The van der Waals surface area contributed by atoms with Crippen LogP contribution in [0.2, 0.25) is 5.02 Å². The van der Waals surface area contributed by atoms with Crippen molar-refractivity contribution in [3.05, 3.63) is 94.9 Å². The molecule has 0 aliphatic carbocycles. The predicted octanol–water partition coefficient (Wildman–Crippen LogP) is 5.38. The molecule has 0 bridgehead atoms. The number of fused-ring (bicyclic) bond motifs is 1. The Morgan fingerprint density at radius 2 is 1.83 bits per heavy atom. The fourth-order valence-corrected chi connectivity index (χ4v) is 3.23. The van der Waals surface area contributed by atoms with Crippen LogP contribution in [-0.2, 0) is 13.0 Å². The summed E-state index contributed by atoms with van der Waals surface area (Å²) in [5, 5.41) is 3.65. The minimum absolute atomic E-state index is 0.185. The number of hydrogen-bond donors (Lipinski definition) is 1. The number of rotatable bonds is 6. The van der Waals surface area contributed by atoms with E-state index in [9.17, 15) is 4.79 Å². The number of hydrogen-bond acceptors (Lipinski definition) is 3. The number of carbonyl (C=O) groups excluding carboxylic acids is 1. The van der Waals surface area contributed by atoms with Crippen molar-refractivity contribution in [2.24, 2.45) is 0 Å². The van der Waals surface area contributed by atoms with Crippen molar-refractivity contribution in [1.29, 1.82) is 0 Å². The van der Waals surface area contributed by atoms with E-state index in [1.54, 1.807) is 0 Å². The van der Waals surface area contributed by atoms with E-state index in [1.165, 1.54) is 0 Å². The van der Waals surface area contributed by atoms with Crippen LogP contribution in [0.3, 0.4) is 0 Å². The number of halogens is 1. The van der Waals surface area contributed by atoms with Gasteiger partial charge in [0, 0.05) is 16.9 Å². The monoisotopic (exact) mass is 405 g/mol. The molecule has 4 aromatic rings. The topological polar surface area (TPSA) is 55.6 Å². The highest BCUT2D eigenvalue weighted by molar-refractivity contribution is 6.30. The summed E-state index contributed by atoms with van der Waals surface area (Å²) < 4.78 is 7.61. The van der Waals surface area contributed by atoms with Crippen molar-refractivity contribution in [3.63, 3.8) is 0 Å². The third-order valence-corrected chi connectivity index (χ3v) is 4.84. The number of pyridine rings is 1. The molecule has 146 valence electrons. The molecule has 2 heterocycles. The van der Waals surface area contributed by atoms with Crippen molar-refractivity contribution < 1.29 is 9.53 Å². The van der Waals surface area contributed by atoms with Gasteiger partial charge in [0.15, 0.2) is 0 Å². The molecule has 0 radical (unpaired) electrons. The van der Waals surface area contributed by atoms with Crippen molar-refractivity contribution in [1.82, 2.24) is 9.38 Å². The molecule has 0 saturated carbocycles. The van der Waals surface area contributed by atoms with Crippen LogP contribution in [0.5, 0.6) is 5.75 Å². The van der Waals surface area contributed by atoms with Gasteiger partial charge >= 0.3 is 0 Å². The summed E-state index contributed by atoms with van der Waals surface area (Å²) in [7, 11) is 0. The minimum atomic E-state index is -0.185. The Labute approximate surface area is 173 Å². The Morgan fingerprint density at radius 3 is 2.55 bits per heavy atom. The number of imidazole rings is 1. The number of nitrogens with one attached hydrogen (secondary N) is 1. The highest BCUT2D eigenvalue weighted by Crippen LogP contribution is 2.20. The van der Waals surface area contributed by atoms with Crippen LogP contribution in [0, 0.1) is 0 Å². The molecule has 0 aliphatic heterocycles. The number of aromatic nitrogens is 2. The maximum Gasteiger partial charge on any atom is 0.274 e. The van der Waals surface area contributed by atoms with E-state index < -0.39 is 0 Å². The van der Waals surface area contributed by atoms with E-state index in [2.05, 4.69) is 10.3 Å². The highest BCUT2D eigenvalue weighted by Gasteiger charge is 2.18. The quantitative estimate of drug-likeness (QED) is 0.468. The molecular formula is C23H20ClN3O2. The van der Waals surface area contributed by atoms with Gasteiger partial charge in [0.2, 0.25) is 0 Å². The van der Waals surface area contributed by atoms with Gasteiger partial charge in [-0.15, -0.1) is 0 Å². The van der Waals surface area contributed by atoms with Crippen LogP contribution in [0.4, 0.5) is 5.69 Å². The molecule has 4 rings (SSSR count). The molecule has 0 atom stereocenters. The zero-order valence-corrected chi connectivity index (χ0v) is 16.7. The number of carbonyl (C=O) groups is 1. The number of amides is 1. The summed E-state index contributed by atoms with van der Waals surface area (Å²) >= 11 is 5.90. The summed E-state index contributed by atoms with van der Waals surface area (Å²) in [4.78, 5) is 17.4. The Hall–Kier alpha value is -3.31. The Morgan fingerprint density at radius 1 is 1.07 bits per heavy atom. The number of anilines is 1. The van der Waals surface area contributed by atoms with Crippen molar-refractivity contribution in [3.8, 4) is 5.75 Å². The predicted molar refractivity (Wildman–Crippen MR) is 115 cm³/mol. The van der Waals surface area contributed by atoms with Gasteiger partial charge in [-0.2, -0.15) is 0 Å². The molecule has 2 aromatic carbocycles. The minimum Gasteiger partial charge on any atom is -0.489 e. The van der Waals surface area contributed by atoms with Gasteiger partial charge < -0.3 is 10.1 Å². The lowest BCUT2D eigenvalue weighted by molar-refractivity contribution is 0.102. The second-order valence-corrected chi connectivity index (χ2v) is 7.02. The molecule has 29 heavy (non-hydrogen) atoms. The molecular weight excluding hydrogens is 386 g/mol. The first kappa shape index (κ1) is 19.0. The fourth-order valence-electron chi connectivity index (χ4n) is 3.10. The second kappa shape index (κ2) is 8.37. The van der Waals surface area contributed by atoms with E-state index in [0.29, 0.717) is 29.4 Å². The first-order valence-electron chi connectivity index (χ1n) is 9.38. The zero-order valence-electron chi connectivity index (χ0n) is 15.9. The Balaban J connectivity index is 1.45. The maximum absolute atomic E-state index is 12.9. The number of nitrogens with zero attached hydrogens (tertiary/aromatic N) is 2. The smallest absolute Gasteiger partial charge is 0.274 e. The van der Waals surface area contributed by atoms with Crippen LogP contribution in [0.15, 0.2) is 72.9 Å². The molecule has 0 unspecified atom stereocenters. The third kappa shape index (κ3) is 4.25. The molecule has 6 heteroatoms. The lowest BCUT2D eigenvalue weighted by Gasteiger charge is -2.09. The van der Waals surface area contributed by atoms with Crippen LogP contribution in [0.1, 0.15) is 28.7 Å². The van der Waals surface area contributed by atoms with Gasteiger partial charge in [-0.3, -0.25) is 9.20 Å². The zero-order chi connectivity index (χ0) is 20.2. The van der Waals surface area contributed by atoms with Gasteiger partial charge in [0.05, 0.1) is 5.69 Å². The lowest BCUT2D eigenvalue weighted by Crippen LogP contribution is -2.16. The molecule has 2 aromatic heterocycles. The largest absolute Gasteiger partial charge is 0.489 e. The Bertz CT molecular complexity index is 1140. The third-order valence-electron chi connectivity index (χ3n) is 4.58. The average molecular weight is 406 g/mol. The molecule has 0 saturated heterocycles.